The molecule has 4 rings (SSSR count). The van der Waals surface area contributed by atoms with E-state index in [-0.39, 0.29) is 29.3 Å². The maximum absolute atomic E-state index is 13.0. The summed E-state index contributed by atoms with van der Waals surface area (Å²) in [5.41, 5.74) is 1.01. The Balaban J connectivity index is 0.00000210. The number of piperazine rings is 1. The molecule has 3 aliphatic rings. The number of hydrogen-bond donors (Lipinski definition) is 1. The summed E-state index contributed by atoms with van der Waals surface area (Å²) in [4.78, 5) is 14.4. The standard InChI is InChI=1S/C16H21N5O3S2.ClH/c22-15(11-12-3-2-6-17-12)20-7-9-21(10-8-20)26(23,24)14-5-1-4-13-16(14)19-25-18-13;/h1,4-5,12,17H,2-3,6-11H2;1H. The largest absolute Gasteiger partial charge is 0.340 e. The molecule has 0 bridgehead atoms. The number of carbonyl (C=O) groups is 1. The van der Waals surface area contributed by atoms with E-state index < -0.39 is 10.0 Å². The van der Waals surface area contributed by atoms with Crippen LogP contribution in [0, 0.1) is 0 Å². The second kappa shape index (κ2) is 8.36. The van der Waals surface area contributed by atoms with Gasteiger partial charge in [-0.05, 0) is 31.5 Å². The summed E-state index contributed by atoms with van der Waals surface area (Å²) < 4.78 is 35.7. The van der Waals surface area contributed by atoms with E-state index in [1.807, 2.05) is 0 Å². The molecule has 1 atom stereocenters. The molecule has 2 fully saturated rings. The number of carbonyl (C=O) groups excluding carboxylic acids is 1. The van der Waals surface area contributed by atoms with E-state index in [0.717, 1.165) is 30.7 Å². The maximum atomic E-state index is 13.0. The van der Waals surface area contributed by atoms with Crippen LogP contribution in [0.25, 0.3) is 0 Å². The molecule has 0 aliphatic carbocycles. The highest BCUT2D eigenvalue weighted by atomic mass is 35.5. The highest BCUT2D eigenvalue weighted by molar-refractivity contribution is 7.89. The Morgan fingerprint density at radius 3 is 2.70 bits per heavy atom. The third-order valence-electron chi connectivity index (χ3n) is 5.04. The fraction of sp³-hybridized carbons (Fsp3) is 0.562. The molecule has 1 aromatic rings. The van der Waals surface area contributed by atoms with E-state index in [0.29, 0.717) is 44.0 Å². The lowest BCUT2D eigenvalue weighted by molar-refractivity contribution is -0.132. The van der Waals surface area contributed by atoms with E-state index >= 15 is 0 Å². The number of benzene rings is 1. The average Bonchev–Trinajstić information content (AvgIpc) is 3.32. The third-order valence-corrected chi connectivity index (χ3v) is 7.51. The molecule has 27 heavy (non-hydrogen) atoms. The Morgan fingerprint density at radius 1 is 1.22 bits per heavy atom. The van der Waals surface area contributed by atoms with E-state index in [4.69, 9.17) is 0 Å². The van der Waals surface area contributed by atoms with Gasteiger partial charge in [0.25, 0.3) is 0 Å². The molecule has 0 radical (unpaired) electrons. The Morgan fingerprint density at radius 2 is 2.00 bits per heavy atom. The van der Waals surface area contributed by atoms with Gasteiger partial charge in [0.1, 0.15) is 16.3 Å². The molecule has 1 N–H and O–H groups in total. The van der Waals surface area contributed by atoms with Crippen molar-refractivity contribution in [2.75, 3.05) is 32.7 Å². The first kappa shape index (κ1) is 20.4. The highest BCUT2D eigenvalue weighted by Gasteiger charge is 2.33. The maximum Gasteiger partial charge on any atom is 0.245 e. The average molecular weight is 432 g/mol. The smallest absolute Gasteiger partial charge is 0.245 e. The molecule has 1 amide bonds. The van der Waals surface area contributed by atoms with Crippen molar-refractivity contribution in [3.05, 3.63) is 18.2 Å². The van der Waals surface area contributed by atoms with Crippen molar-refractivity contribution < 1.29 is 13.2 Å². The van der Waals surface area contributed by atoms with E-state index in [2.05, 4.69) is 14.0 Å². The fourth-order valence-electron chi connectivity index (χ4n) is 3.58. The topological polar surface area (TPSA) is 94.4 Å². The SMILES string of the molecule is Cl.O=C(CC1CCCN1)N1CCN(S(=O)(=O)c2cccc3c2N=S=N3)CC1. The lowest BCUT2D eigenvalue weighted by Gasteiger charge is -2.34. The molecule has 0 aromatic heterocycles. The van der Waals surface area contributed by atoms with Crippen molar-refractivity contribution >= 4 is 51.1 Å². The van der Waals surface area contributed by atoms with Crippen LogP contribution < -0.4 is 5.32 Å². The number of nitrogens with one attached hydrogen (secondary N) is 1. The van der Waals surface area contributed by atoms with Gasteiger partial charge in [0.2, 0.25) is 15.9 Å². The van der Waals surface area contributed by atoms with Gasteiger partial charge in [-0.1, -0.05) is 6.07 Å². The second-order valence-electron chi connectivity index (χ2n) is 6.67. The predicted molar refractivity (Wildman–Crippen MR) is 106 cm³/mol. The second-order valence-corrected chi connectivity index (χ2v) is 9.11. The normalized spacial score (nSPS) is 22.2. The first-order chi connectivity index (χ1) is 12.6. The summed E-state index contributed by atoms with van der Waals surface area (Å²) >= 11 is 1.01. The van der Waals surface area contributed by atoms with Crippen molar-refractivity contribution in [3.63, 3.8) is 0 Å². The monoisotopic (exact) mass is 431 g/mol. The first-order valence-corrected chi connectivity index (χ1v) is 11.0. The predicted octanol–water partition coefficient (Wildman–Crippen LogP) is 1.81. The lowest BCUT2D eigenvalue weighted by Crippen LogP contribution is -2.51. The Labute approximate surface area is 168 Å². The summed E-state index contributed by atoms with van der Waals surface area (Å²) in [6, 6.07) is 5.28. The molecular weight excluding hydrogens is 410 g/mol. The van der Waals surface area contributed by atoms with Gasteiger partial charge in [-0.3, -0.25) is 4.79 Å². The number of rotatable bonds is 4. The molecule has 3 aliphatic heterocycles. The third kappa shape index (κ3) is 4.09. The molecule has 11 heteroatoms. The number of halogens is 1. The molecule has 8 nitrogen and oxygen atoms in total. The number of amides is 1. The number of nitrogens with zero attached hydrogens (tertiary/aromatic N) is 4. The Bertz CT molecular complexity index is 887. The fourth-order valence-corrected chi connectivity index (χ4v) is 5.75. The lowest BCUT2D eigenvalue weighted by atomic mass is 10.1. The summed E-state index contributed by atoms with van der Waals surface area (Å²) in [5.74, 6) is 0.104. The van der Waals surface area contributed by atoms with E-state index in [9.17, 15) is 13.2 Å². The molecule has 148 valence electrons. The van der Waals surface area contributed by atoms with E-state index in [1.165, 1.54) is 4.31 Å². The molecule has 1 unspecified atom stereocenters. The summed E-state index contributed by atoms with van der Waals surface area (Å²) in [6.45, 7) is 2.44. The van der Waals surface area contributed by atoms with Gasteiger partial charge in [-0.15, -0.1) is 12.4 Å². The van der Waals surface area contributed by atoms with Gasteiger partial charge in [-0.2, -0.15) is 13.0 Å². The van der Waals surface area contributed by atoms with Gasteiger partial charge >= 0.3 is 0 Å². The minimum Gasteiger partial charge on any atom is -0.340 e. The van der Waals surface area contributed by atoms with Gasteiger partial charge < -0.3 is 10.2 Å². The van der Waals surface area contributed by atoms with Gasteiger partial charge in [0.05, 0.1) is 11.4 Å². The highest BCUT2D eigenvalue weighted by Crippen LogP contribution is 2.38. The number of hydrogen-bond acceptors (Lipinski definition) is 6. The van der Waals surface area contributed by atoms with E-state index in [1.54, 1.807) is 23.1 Å². The van der Waals surface area contributed by atoms with Crippen LogP contribution in [0.2, 0.25) is 0 Å². The van der Waals surface area contributed by atoms with Crippen molar-refractivity contribution in [2.45, 2.75) is 30.2 Å². The van der Waals surface area contributed by atoms with Crippen LogP contribution in [-0.2, 0) is 26.2 Å². The molecule has 1 aromatic carbocycles. The molecule has 3 heterocycles. The number of fused-ring (bicyclic) bond motifs is 1. The van der Waals surface area contributed by atoms with Crippen LogP contribution in [0.4, 0.5) is 11.4 Å². The van der Waals surface area contributed by atoms with Crippen LogP contribution in [-0.4, -0.2) is 62.3 Å². The van der Waals surface area contributed by atoms with Crippen LogP contribution in [0.1, 0.15) is 19.3 Å². The Kier molecular flexibility index (Phi) is 6.32. The van der Waals surface area contributed by atoms with Gasteiger partial charge in [0.15, 0.2) is 0 Å². The zero-order chi connectivity index (χ0) is 18.1. The van der Waals surface area contributed by atoms with Gasteiger partial charge in [0, 0.05) is 38.6 Å². The summed E-state index contributed by atoms with van der Waals surface area (Å²) in [6.07, 6.45) is 2.64. The minimum absolute atomic E-state index is 0. The zero-order valence-electron chi connectivity index (χ0n) is 14.7. The summed E-state index contributed by atoms with van der Waals surface area (Å²) in [7, 11) is -3.64. The first-order valence-electron chi connectivity index (χ1n) is 8.78. The van der Waals surface area contributed by atoms with Crippen molar-refractivity contribution in [3.8, 4) is 0 Å². The molecule has 0 spiro atoms. The van der Waals surface area contributed by atoms with Crippen LogP contribution in [0.5, 0.6) is 0 Å². The Hall–Kier alpha value is -1.33. The minimum atomic E-state index is -3.64. The van der Waals surface area contributed by atoms with Crippen LogP contribution in [0.3, 0.4) is 0 Å². The van der Waals surface area contributed by atoms with Gasteiger partial charge in [-0.25, -0.2) is 8.42 Å². The summed E-state index contributed by atoms with van der Waals surface area (Å²) in [5, 5.41) is 3.33. The van der Waals surface area contributed by atoms with Crippen molar-refractivity contribution in [1.82, 2.24) is 14.5 Å². The van der Waals surface area contributed by atoms with Crippen LogP contribution >= 0.6 is 12.4 Å². The zero-order valence-corrected chi connectivity index (χ0v) is 17.2. The quantitative estimate of drug-likeness (QED) is 0.798. The van der Waals surface area contributed by atoms with Crippen molar-refractivity contribution in [2.24, 2.45) is 8.73 Å². The number of sulfonamides is 1. The molecule has 0 saturated carbocycles. The van der Waals surface area contributed by atoms with Crippen molar-refractivity contribution in [1.29, 1.82) is 0 Å². The molecular formula is C16H22ClN5O3S2. The molecule has 2 saturated heterocycles. The van der Waals surface area contributed by atoms with Crippen LogP contribution in [0.15, 0.2) is 31.8 Å².